The van der Waals surface area contributed by atoms with Crippen LogP contribution in [0.4, 0.5) is 0 Å². The minimum absolute atomic E-state index is 0.170. The predicted molar refractivity (Wildman–Crippen MR) is 453 cm³/mol. The van der Waals surface area contributed by atoms with Crippen molar-refractivity contribution in [3.05, 3.63) is 0 Å². The number of hydrogen-bond acceptors (Lipinski definition) is 19. The van der Waals surface area contributed by atoms with E-state index >= 15 is 0 Å². The summed E-state index contributed by atoms with van der Waals surface area (Å²) >= 11 is 0. The molecule has 0 aliphatic rings. The molecule has 19 nitrogen and oxygen atoms in total. The third-order valence-corrected chi connectivity index (χ3v) is 19.1. The van der Waals surface area contributed by atoms with Crippen LogP contribution in [0.3, 0.4) is 0 Å². The molecule has 632 valence electrons. The molecule has 0 rings (SSSR count). The van der Waals surface area contributed by atoms with Gasteiger partial charge in [0.25, 0.3) is 0 Å². The number of nitrogens with zero attached hydrogens (tertiary/aromatic N) is 1. The smallest absolute Gasteiger partial charge is 0.0701 e. The summed E-state index contributed by atoms with van der Waals surface area (Å²) in [5, 5.41) is 69.3. The fourth-order valence-electron chi connectivity index (χ4n) is 12.2. The highest BCUT2D eigenvalue weighted by Crippen LogP contribution is 2.16. The molecule has 0 bridgehead atoms. The highest BCUT2D eigenvalue weighted by atomic mass is 16.5. The van der Waals surface area contributed by atoms with Crippen LogP contribution in [0.1, 0.15) is 329 Å². The Morgan fingerprint density at radius 3 is 0.779 bits per heavy atom. The molecule has 0 saturated carbocycles. The molecule has 0 aromatic carbocycles. The second-order valence-electron chi connectivity index (χ2n) is 29.7. The van der Waals surface area contributed by atoms with Crippen LogP contribution < -0.4 is 53.6 Å². The molecule has 0 fully saturated rings. The van der Waals surface area contributed by atoms with Crippen molar-refractivity contribution < 1.29 is 39.4 Å². The summed E-state index contributed by atoms with van der Waals surface area (Å²) in [7, 11) is 8.04. The molecule has 0 aliphatic heterocycles. The molecule has 0 amide bonds. The van der Waals surface area contributed by atoms with E-state index in [1.54, 1.807) is 0 Å². The number of unbranched alkanes of at least 4 members (excludes halogenated alkanes) is 38. The predicted octanol–water partition coefficient (Wildman–Crippen LogP) is 14.0. The number of ether oxygens (including phenoxy) is 4. The maximum absolute atomic E-state index is 10.0. The highest BCUT2D eigenvalue weighted by Gasteiger charge is 2.08. The number of aliphatic hydroxyl groups is 4. The van der Waals surface area contributed by atoms with Gasteiger partial charge in [-0.25, -0.2) is 0 Å². The molecule has 0 aromatic rings. The Morgan fingerprint density at radius 2 is 0.490 bits per heavy atom. The van der Waals surface area contributed by atoms with Crippen molar-refractivity contribution in [2.45, 2.75) is 354 Å². The van der Waals surface area contributed by atoms with Gasteiger partial charge in [0.1, 0.15) is 0 Å². The van der Waals surface area contributed by atoms with E-state index in [0.717, 1.165) is 156 Å². The van der Waals surface area contributed by atoms with Crippen molar-refractivity contribution in [3.63, 3.8) is 0 Å². The van der Waals surface area contributed by atoms with Gasteiger partial charge in [0.2, 0.25) is 0 Å². The lowest BCUT2D eigenvalue weighted by molar-refractivity contribution is 0.0493. The topological polar surface area (TPSA) is 255 Å². The molecule has 0 spiro atoms. The number of aliphatic hydroxyl groups excluding tert-OH is 4. The van der Waals surface area contributed by atoms with Crippen LogP contribution in [-0.2, 0) is 18.9 Å². The zero-order chi connectivity index (χ0) is 76.7. The van der Waals surface area contributed by atoms with Gasteiger partial charge in [0, 0.05) is 105 Å². The van der Waals surface area contributed by atoms with Crippen LogP contribution >= 0.6 is 0 Å². The molecular weight excluding hydrogens is 1300 g/mol. The molecule has 19 heteroatoms. The molecule has 4 unspecified atom stereocenters. The molecular formula is C85H189N11O8. The standard InChI is InChI=1S/C22H48N2O3.C21H48N4O.C21H47N3O.C21H46N2O3/c1-2-3-4-5-6-7-8-9-10-11-12-13-14-22(25)21-24-16-18-27-20-19-26-17-15-23;1-3-4-5-6-7-8-9-10-11-12-13-21(26)20-25-19-18-24-17-16-23-15-14-22-2;1-4-5-6-7-8-9-10-11-12-13-15-21(25)20-23-16-14-18-24(3)19-17-22-2;1-3-4-5-6-7-8-9-10-11-12-13-21(24)20-23-15-17-26-19-18-25-16-14-22-2/h22,24-25H,2-21,23H2,1H3;21-26H,3-20H2,1-2H3;21-23,25H,4-20H2,1-3H3;21-24H,3-20H2,1-2H3. The van der Waals surface area contributed by atoms with Crippen molar-refractivity contribution in [1.82, 2.24) is 52.8 Å². The van der Waals surface area contributed by atoms with Gasteiger partial charge in [-0.15, -0.1) is 0 Å². The van der Waals surface area contributed by atoms with Gasteiger partial charge in [-0.1, -0.05) is 297 Å². The Labute approximate surface area is 647 Å². The fraction of sp³-hybridized carbons (Fsp3) is 1.00. The summed E-state index contributed by atoms with van der Waals surface area (Å²) in [6.45, 7) is 30.1. The normalized spacial score (nSPS) is 12.6. The van der Waals surface area contributed by atoms with Gasteiger partial charge in [-0.05, 0) is 73.4 Å². The van der Waals surface area contributed by atoms with E-state index in [9.17, 15) is 20.4 Å². The van der Waals surface area contributed by atoms with E-state index in [2.05, 4.69) is 87.5 Å². The van der Waals surface area contributed by atoms with Gasteiger partial charge in [-0.2, -0.15) is 0 Å². The minimum atomic E-state index is -0.235. The Balaban J connectivity index is -0.000000641. The number of hydrogen-bond donors (Lipinski definition) is 14. The van der Waals surface area contributed by atoms with E-state index < -0.39 is 0 Å². The number of rotatable bonds is 87. The van der Waals surface area contributed by atoms with E-state index in [0.29, 0.717) is 65.9 Å². The summed E-state index contributed by atoms with van der Waals surface area (Å²) in [6.07, 6.45) is 60.7. The molecule has 0 aliphatic carbocycles. The highest BCUT2D eigenvalue weighted by molar-refractivity contribution is 4.66. The molecule has 4 atom stereocenters. The van der Waals surface area contributed by atoms with E-state index in [4.69, 9.17) is 24.7 Å². The van der Waals surface area contributed by atoms with E-state index in [-0.39, 0.29) is 24.4 Å². The second kappa shape index (κ2) is 104. The number of likely N-dealkylation sites (N-methyl/N-ethyl adjacent to an activating group) is 4. The first-order valence-corrected chi connectivity index (χ1v) is 44.7. The Morgan fingerprint density at radius 1 is 0.250 bits per heavy atom. The van der Waals surface area contributed by atoms with Gasteiger partial charge in [0.15, 0.2) is 0 Å². The first kappa shape index (κ1) is 110. The van der Waals surface area contributed by atoms with Gasteiger partial charge in [-0.3, -0.25) is 0 Å². The molecule has 0 radical (unpaired) electrons. The molecule has 0 heterocycles. The summed E-state index contributed by atoms with van der Waals surface area (Å²) in [4.78, 5) is 2.35. The molecule has 15 N–H and O–H groups in total. The van der Waals surface area contributed by atoms with Gasteiger partial charge < -0.3 is 97.9 Å². The maximum atomic E-state index is 10.0. The van der Waals surface area contributed by atoms with Crippen LogP contribution in [-0.4, -0.2) is 249 Å². The summed E-state index contributed by atoms with van der Waals surface area (Å²) < 4.78 is 21.5. The molecule has 0 saturated heterocycles. The first-order chi connectivity index (χ1) is 51.1. The average Bonchev–Trinajstić information content (AvgIpc) is 3.86. The maximum Gasteiger partial charge on any atom is 0.0701 e. The average molecular weight is 1490 g/mol. The fourth-order valence-corrected chi connectivity index (χ4v) is 12.2. The van der Waals surface area contributed by atoms with E-state index in [1.807, 2.05) is 21.1 Å². The van der Waals surface area contributed by atoms with E-state index in [1.165, 1.54) is 250 Å². The van der Waals surface area contributed by atoms with Gasteiger partial charge >= 0.3 is 0 Å². The first-order valence-electron chi connectivity index (χ1n) is 44.7. The van der Waals surface area contributed by atoms with Crippen molar-refractivity contribution in [1.29, 1.82) is 0 Å². The third kappa shape index (κ3) is 110. The van der Waals surface area contributed by atoms with Crippen molar-refractivity contribution in [2.75, 3.05) is 199 Å². The van der Waals surface area contributed by atoms with Crippen LogP contribution in [0.5, 0.6) is 0 Å². The summed E-state index contributed by atoms with van der Waals surface area (Å²) in [5.74, 6) is 0. The quantitative estimate of drug-likeness (QED) is 0.0253. The third-order valence-electron chi connectivity index (χ3n) is 19.1. The van der Waals surface area contributed by atoms with Crippen LogP contribution in [0.2, 0.25) is 0 Å². The lowest BCUT2D eigenvalue weighted by Gasteiger charge is -2.17. The Bertz CT molecular complexity index is 1340. The van der Waals surface area contributed by atoms with Crippen LogP contribution in [0.25, 0.3) is 0 Å². The lowest BCUT2D eigenvalue weighted by Crippen LogP contribution is -2.36. The van der Waals surface area contributed by atoms with Crippen molar-refractivity contribution in [2.24, 2.45) is 5.73 Å². The summed E-state index contributed by atoms with van der Waals surface area (Å²) in [6, 6.07) is 0. The number of nitrogens with two attached hydrogens (primary N) is 1. The minimum Gasteiger partial charge on any atom is -0.392 e. The zero-order valence-corrected chi connectivity index (χ0v) is 70.9. The zero-order valence-electron chi connectivity index (χ0n) is 70.9. The van der Waals surface area contributed by atoms with Crippen molar-refractivity contribution >= 4 is 0 Å². The summed E-state index contributed by atoms with van der Waals surface area (Å²) in [5.41, 5.74) is 5.33. The number of nitrogens with one attached hydrogen (secondary N) is 9. The SMILES string of the molecule is CCCCCCCCCCCCC(O)CNCCCN(C)CCNC.CCCCCCCCCCCCC(O)CNCCNCCNCCNC.CCCCCCCCCCCCC(O)CNCCOCCOCCNC.CCCCCCCCCCCCCCC(O)CNCCOCCOCCN. The molecule has 104 heavy (non-hydrogen) atoms. The largest absolute Gasteiger partial charge is 0.392 e. The Hall–Kier alpha value is -0.760. The second-order valence-corrected chi connectivity index (χ2v) is 29.7. The Kier molecular flexibility index (Phi) is 110. The molecule has 0 aromatic heterocycles. The van der Waals surface area contributed by atoms with Crippen LogP contribution in [0.15, 0.2) is 0 Å². The van der Waals surface area contributed by atoms with Crippen molar-refractivity contribution in [3.8, 4) is 0 Å². The monoisotopic (exact) mass is 1490 g/mol. The van der Waals surface area contributed by atoms with Crippen LogP contribution in [0, 0.1) is 0 Å². The lowest BCUT2D eigenvalue weighted by atomic mass is 10.0. The van der Waals surface area contributed by atoms with Gasteiger partial charge in [0.05, 0.1) is 77.3 Å².